The molecule has 1 aromatic carbocycles. The minimum Gasteiger partial charge on any atom is -0.459 e. The molecule has 2 atom stereocenters. The van der Waals surface area contributed by atoms with Crippen LogP contribution >= 0.6 is 15.9 Å². The maximum Gasteiger partial charge on any atom is 0.338 e. The maximum atomic E-state index is 12.8. The van der Waals surface area contributed by atoms with E-state index in [9.17, 15) is 9.59 Å². The molecule has 144 valence electrons. The Kier molecular flexibility index (Phi) is 4.96. The summed E-state index contributed by atoms with van der Waals surface area (Å²) in [6.45, 7) is 2.69. The molecule has 3 aliphatic rings. The second kappa shape index (κ2) is 7.40. The second-order valence-corrected chi connectivity index (χ2v) is 7.38. The van der Waals surface area contributed by atoms with E-state index < -0.39 is 18.0 Å². The topological polar surface area (TPSA) is 95.1 Å². The lowest BCUT2D eigenvalue weighted by Crippen LogP contribution is -2.45. The lowest BCUT2D eigenvalue weighted by molar-refractivity contribution is -0.142. The van der Waals surface area contributed by atoms with E-state index in [1.165, 1.54) is 0 Å². The van der Waals surface area contributed by atoms with Crippen LogP contribution in [0.15, 0.2) is 27.9 Å². The molecule has 0 spiro atoms. The van der Waals surface area contributed by atoms with Crippen molar-refractivity contribution in [2.24, 2.45) is 0 Å². The highest BCUT2D eigenvalue weighted by Crippen LogP contribution is 2.41. The number of halogens is 1. The monoisotopic (exact) mass is 438 g/mol. The van der Waals surface area contributed by atoms with Crippen molar-refractivity contribution in [1.82, 2.24) is 10.6 Å². The SMILES string of the molecule is CC1=C(C(=O)OCC2CCCO2)C(c2cc3c(cc2Br)OCO3)NC(=O)N1. The van der Waals surface area contributed by atoms with E-state index in [2.05, 4.69) is 26.6 Å². The van der Waals surface area contributed by atoms with Crippen LogP contribution in [0.5, 0.6) is 11.5 Å². The van der Waals surface area contributed by atoms with Gasteiger partial charge in [-0.25, -0.2) is 9.59 Å². The van der Waals surface area contributed by atoms with Crippen LogP contribution in [0.4, 0.5) is 4.79 Å². The van der Waals surface area contributed by atoms with E-state index in [0.717, 1.165) is 12.8 Å². The molecule has 0 aliphatic carbocycles. The van der Waals surface area contributed by atoms with Gasteiger partial charge in [0.15, 0.2) is 11.5 Å². The largest absolute Gasteiger partial charge is 0.459 e. The molecule has 1 fully saturated rings. The quantitative estimate of drug-likeness (QED) is 0.701. The predicted octanol–water partition coefficient (Wildman–Crippen LogP) is 2.53. The van der Waals surface area contributed by atoms with Gasteiger partial charge in [0.2, 0.25) is 6.79 Å². The number of urea groups is 1. The van der Waals surface area contributed by atoms with Crippen LogP contribution < -0.4 is 20.1 Å². The Hall–Kier alpha value is -2.26. The van der Waals surface area contributed by atoms with Gasteiger partial charge in [-0.05, 0) is 37.5 Å². The Morgan fingerprint density at radius 2 is 2.11 bits per heavy atom. The molecule has 0 saturated carbocycles. The zero-order chi connectivity index (χ0) is 19.0. The normalized spacial score (nSPS) is 23.9. The Bertz CT molecular complexity index is 818. The number of ether oxygens (including phenoxy) is 4. The summed E-state index contributed by atoms with van der Waals surface area (Å²) < 4.78 is 22.5. The van der Waals surface area contributed by atoms with Crippen molar-refractivity contribution in [3.05, 3.63) is 33.4 Å². The molecular formula is C18H19BrN2O6. The van der Waals surface area contributed by atoms with E-state index in [1.807, 2.05) is 0 Å². The molecule has 2 unspecified atom stereocenters. The van der Waals surface area contributed by atoms with Gasteiger partial charge in [0, 0.05) is 16.8 Å². The van der Waals surface area contributed by atoms with E-state index in [-0.39, 0.29) is 19.5 Å². The zero-order valence-corrected chi connectivity index (χ0v) is 16.3. The van der Waals surface area contributed by atoms with Gasteiger partial charge in [-0.3, -0.25) is 0 Å². The van der Waals surface area contributed by atoms with Crippen molar-refractivity contribution in [2.75, 3.05) is 20.0 Å². The molecule has 9 heteroatoms. The lowest BCUT2D eigenvalue weighted by atomic mass is 9.95. The van der Waals surface area contributed by atoms with Crippen molar-refractivity contribution < 1.29 is 28.5 Å². The number of carbonyl (C=O) groups is 2. The first-order valence-electron chi connectivity index (χ1n) is 8.69. The molecule has 4 rings (SSSR count). The van der Waals surface area contributed by atoms with Gasteiger partial charge in [-0.15, -0.1) is 0 Å². The van der Waals surface area contributed by atoms with Gasteiger partial charge in [0.25, 0.3) is 0 Å². The Morgan fingerprint density at radius 1 is 1.33 bits per heavy atom. The molecule has 8 nitrogen and oxygen atoms in total. The Morgan fingerprint density at radius 3 is 2.85 bits per heavy atom. The highest BCUT2D eigenvalue weighted by atomic mass is 79.9. The van der Waals surface area contributed by atoms with Gasteiger partial charge in [-0.1, -0.05) is 15.9 Å². The third-order valence-corrected chi connectivity index (χ3v) is 5.40. The number of benzene rings is 1. The minimum atomic E-state index is -0.681. The molecule has 0 bridgehead atoms. The summed E-state index contributed by atoms with van der Waals surface area (Å²) in [7, 11) is 0. The highest BCUT2D eigenvalue weighted by Gasteiger charge is 2.35. The second-order valence-electron chi connectivity index (χ2n) is 6.53. The number of amides is 2. The third-order valence-electron chi connectivity index (χ3n) is 4.72. The van der Waals surface area contributed by atoms with Crippen LogP contribution in [0.3, 0.4) is 0 Å². The van der Waals surface area contributed by atoms with Crippen molar-refractivity contribution in [3.8, 4) is 11.5 Å². The smallest absolute Gasteiger partial charge is 0.338 e. The maximum absolute atomic E-state index is 12.8. The third kappa shape index (κ3) is 3.61. The number of fused-ring (bicyclic) bond motifs is 1. The molecule has 0 radical (unpaired) electrons. The summed E-state index contributed by atoms with van der Waals surface area (Å²) in [5.41, 5.74) is 1.47. The molecular weight excluding hydrogens is 420 g/mol. The van der Waals surface area contributed by atoms with E-state index in [4.69, 9.17) is 18.9 Å². The fraction of sp³-hybridized carbons (Fsp3) is 0.444. The number of hydrogen-bond donors (Lipinski definition) is 2. The summed E-state index contributed by atoms with van der Waals surface area (Å²) in [6, 6.07) is 2.44. The first-order valence-corrected chi connectivity index (χ1v) is 9.48. The molecule has 1 aromatic rings. The zero-order valence-electron chi connectivity index (χ0n) is 14.7. The number of esters is 1. The number of carbonyl (C=O) groups excluding carboxylic acids is 2. The molecule has 0 aromatic heterocycles. The van der Waals surface area contributed by atoms with E-state index in [0.29, 0.717) is 39.4 Å². The van der Waals surface area contributed by atoms with Crippen LogP contribution in [0.1, 0.15) is 31.4 Å². The number of hydrogen-bond acceptors (Lipinski definition) is 6. The molecule has 2 amide bonds. The van der Waals surface area contributed by atoms with Crippen molar-refractivity contribution in [3.63, 3.8) is 0 Å². The van der Waals surface area contributed by atoms with Crippen LogP contribution in [-0.2, 0) is 14.3 Å². The van der Waals surface area contributed by atoms with Gasteiger partial charge in [0.1, 0.15) is 6.61 Å². The first-order chi connectivity index (χ1) is 13.0. The Labute approximate surface area is 164 Å². The summed E-state index contributed by atoms with van der Waals surface area (Å²) >= 11 is 3.49. The van der Waals surface area contributed by atoms with Gasteiger partial charge < -0.3 is 29.6 Å². The molecule has 3 heterocycles. The number of nitrogens with one attached hydrogen (secondary N) is 2. The first kappa shape index (κ1) is 18.1. The predicted molar refractivity (Wildman–Crippen MR) is 97.3 cm³/mol. The summed E-state index contributed by atoms with van der Waals surface area (Å²) in [5, 5.41) is 5.42. The highest BCUT2D eigenvalue weighted by molar-refractivity contribution is 9.10. The lowest BCUT2D eigenvalue weighted by Gasteiger charge is -2.29. The fourth-order valence-electron chi connectivity index (χ4n) is 3.37. The molecule has 2 N–H and O–H groups in total. The van der Waals surface area contributed by atoms with Gasteiger partial charge in [0.05, 0.1) is 17.7 Å². The molecule has 1 saturated heterocycles. The van der Waals surface area contributed by atoms with Crippen LogP contribution in [0.25, 0.3) is 0 Å². The average Bonchev–Trinajstić information content (AvgIpc) is 3.29. The van der Waals surface area contributed by atoms with Gasteiger partial charge in [-0.2, -0.15) is 0 Å². The summed E-state index contributed by atoms with van der Waals surface area (Å²) in [4.78, 5) is 24.8. The summed E-state index contributed by atoms with van der Waals surface area (Å²) in [5.74, 6) is 0.671. The number of allylic oxidation sites excluding steroid dienone is 1. The fourth-order valence-corrected chi connectivity index (χ4v) is 3.93. The van der Waals surface area contributed by atoms with Gasteiger partial charge >= 0.3 is 12.0 Å². The minimum absolute atomic E-state index is 0.0725. The van der Waals surface area contributed by atoms with Crippen molar-refractivity contribution >= 4 is 27.9 Å². The van der Waals surface area contributed by atoms with Crippen LogP contribution in [0, 0.1) is 0 Å². The summed E-state index contributed by atoms with van der Waals surface area (Å²) in [6.07, 6.45) is 1.77. The van der Waals surface area contributed by atoms with Crippen LogP contribution in [0.2, 0.25) is 0 Å². The molecule has 27 heavy (non-hydrogen) atoms. The number of rotatable bonds is 4. The van der Waals surface area contributed by atoms with E-state index in [1.54, 1.807) is 19.1 Å². The van der Waals surface area contributed by atoms with Crippen molar-refractivity contribution in [2.45, 2.75) is 31.9 Å². The van der Waals surface area contributed by atoms with E-state index >= 15 is 0 Å². The standard InChI is InChI=1S/C18H19BrN2O6/c1-9-15(17(22)25-7-10-3-2-4-24-10)16(21-18(23)20-9)11-5-13-14(6-12(11)19)27-8-26-13/h5-6,10,16H,2-4,7-8H2,1H3,(H2,20,21,23). The Balaban J connectivity index is 1.62. The van der Waals surface area contributed by atoms with Crippen molar-refractivity contribution in [1.29, 1.82) is 0 Å². The molecule has 3 aliphatic heterocycles. The average molecular weight is 439 g/mol. The van der Waals surface area contributed by atoms with Crippen LogP contribution in [-0.4, -0.2) is 38.1 Å².